The van der Waals surface area contributed by atoms with E-state index in [0.29, 0.717) is 21.7 Å². The quantitative estimate of drug-likeness (QED) is 0.376. The molecule has 138 valence electrons. The van der Waals surface area contributed by atoms with Crippen LogP contribution in [0.15, 0.2) is 68.1 Å². The van der Waals surface area contributed by atoms with Gasteiger partial charge in [0.25, 0.3) is 5.91 Å². The molecule has 0 radical (unpaired) electrons. The van der Waals surface area contributed by atoms with E-state index in [1.165, 1.54) is 28.0 Å². The number of carbonyl (C=O) groups is 1. The van der Waals surface area contributed by atoms with Crippen molar-refractivity contribution in [1.29, 1.82) is 0 Å². The normalized spacial score (nSPS) is 16.0. The molecule has 28 heavy (non-hydrogen) atoms. The van der Waals surface area contributed by atoms with E-state index in [1.807, 2.05) is 36.6 Å². The molecule has 3 heterocycles. The first-order valence-corrected chi connectivity index (χ1v) is 10.5. The van der Waals surface area contributed by atoms with Gasteiger partial charge in [0, 0.05) is 0 Å². The first kappa shape index (κ1) is 17.2. The van der Waals surface area contributed by atoms with Gasteiger partial charge in [0.1, 0.15) is 5.58 Å². The number of amides is 1. The monoisotopic (exact) mass is 407 g/mol. The van der Waals surface area contributed by atoms with E-state index in [0.717, 1.165) is 9.90 Å². The molecule has 8 heteroatoms. The summed E-state index contributed by atoms with van der Waals surface area (Å²) in [4.78, 5) is 28.1. The van der Waals surface area contributed by atoms with Crippen molar-refractivity contribution in [3.8, 4) is 0 Å². The van der Waals surface area contributed by atoms with Crippen LogP contribution in [0, 0.1) is 0 Å². The van der Waals surface area contributed by atoms with Crippen molar-refractivity contribution in [3.63, 3.8) is 0 Å². The van der Waals surface area contributed by atoms with Crippen molar-refractivity contribution < 1.29 is 9.21 Å². The molecule has 1 unspecified atom stereocenters. The van der Waals surface area contributed by atoms with E-state index in [2.05, 4.69) is 10.2 Å². The molecule has 1 aliphatic rings. The first-order valence-electron chi connectivity index (χ1n) is 8.51. The molecule has 0 spiro atoms. The van der Waals surface area contributed by atoms with Gasteiger partial charge in [0.05, 0.1) is 17.0 Å². The van der Waals surface area contributed by atoms with Gasteiger partial charge in [-0.3, -0.25) is 14.5 Å². The maximum atomic E-state index is 13.3. The number of rotatable bonds is 3. The summed E-state index contributed by atoms with van der Waals surface area (Å²) in [7, 11) is 0. The summed E-state index contributed by atoms with van der Waals surface area (Å²) in [5.41, 5.74) is 1.36. The average Bonchev–Trinajstić information content (AvgIpc) is 3.32. The van der Waals surface area contributed by atoms with Crippen LogP contribution in [0.3, 0.4) is 0 Å². The summed E-state index contributed by atoms with van der Waals surface area (Å²) in [5, 5.41) is 9.20. The van der Waals surface area contributed by atoms with Crippen LogP contribution in [-0.2, 0) is 0 Å². The Morgan fingerprint density at radius 2 is 1.79 bits per heavy atom. The van der Waals surface area contributed by atoms with E-state index >= 15 is 0 Å². The number of anilines is 1. The van der Waals surface area contributed by atoms with E-state index in [4.69, 9.17) is 4.42 Å². The van der Waals surface area contributed by atoms with E-state index in [9.17, 15) is 9.59 Å². The fraction of sp³-hybridized carbons (Fsp3) is 0.100. The molecule has 1 aliphatic heterocycles. The zero-order valence-corrected chi connectivity index (χ0v) is 16.3. The van der Waals surface area contributed by atoms with Crippen molar-refractivity contribution >= 4 is 45.1 Å². The topological polar surface area (TPSA) is 76.3 Å². The second kappa shape index (κ2) is 6.57. The van der Waals surface area contributed by atoms with E-state index < -0.39 is 6.04 Å². The SMILES string of the molecule is CSc1nnc(N2C(=O)c3oc4ccccc4c(=O)c3C2c2ccccc2)s1. The lowest BCUT2D eigenvalue weighted by molar-refractivity contribution is 0.0970. The number of thioether (sulfide) groups is 1. The molecule has 0 N–H and O–H groups in total. The van der Waals surface area contributed by atoms with E-state index in [1.54, 1.807) is 24.3 Å². The van der Waals surface area contributed by atoms with Gasteiger partial charge in [-0.1, -0.05) is 65.6 Å². The highest BCUT2D eigenvalue weighted by Gasteiger charge is 2.45. The standard InChI is InChI=1S/C20H13N3O3S2/c1-27-20-22-21-19(28-20)23-15(11-7-3-2-4-8-11)14-16(24)12-9-5-6-10-13(12)26-17(14)18(23)25/h2-10,15H,1H3. The minimum absolute atomic E-state index is 0.0680. The second-order valence-corrected chi connectivity index (χ2v) is 8.22. The summed E-state index contributed by atoms with van der Waals surface area (Å²) in [6.07, 6.45) is 1.90. The molecule has 2 aromatic carbocycles. The molecule has 0 aliphatic carbocycles. The molecule has 4 aromatic rings. The van der Waals surface area contributed by atoms with Gasteiger partial charge in [-0.05, 0) is 24.0 Å². The van der Waals surface area contributed by atoms with Crippen molar-refractivity contribution in [2.45, 2.75) is 10.4 Å². The van der Waals surface area contributed by atoms with Crippen LogP contribution in [0.4, 0.5) is 5.13 Å². The highest BCUT2D eigenvalue weighted by Crippen LogP contribution is 2.42. The lowest BCUT2D eigenvalue weighted by atomic mass is 9.99. The molecule has 1 amide bonds. The predicted octanol–water partition coefficient (Wildman–Crippen LogP) is 4.12. The lowest BCUT2D eigenvalue weighted by Gasteiger charge is -2.21. The summed E-state index contributed by atoms with van der Waals surface area (Å²) in [6.45, 7) is 0. The second-order valence-electron chi connectivity index (χ2n) is 6.21. The Bertz CT molecular complexity index is 1270. The third-order valence-electron chi connectivity index (χ3n) is 4.67. The molecular weight excluding hydrogens is 394 g/mol. The number of hydrogen-bond acceptors (Lipinski definition) is 7. The Morgan fingerprint density at radius 1 is 1.04 bits per heavy atom. The summed E-state index contributed by atoms with van der Waals surface area (Å²) < 4.78 is 6.64. The first-order chi connectivity index (χ1) is 13.7. The molecule has 0 saturated carbocycles. The number of fused-ring (bicyclic) bond motifs is 2. The predicted molar refractivity (Wildman–Crippen MR) is 109 cm³/mol. The molecule has 1 atom stereocenters. The minimum Gasteiger partial charge on any atom is -0.450 e. The van der Waals surface area contributed by atoms with Crippen LogP contribution in [-0.4, -0.2) is 22.4 Å². The van der Waals surface area contributed by atoms with Crippen molar-refractivity contribution in [2.75, 3.05) is 11.2 Å². The lowest BCUT2D eigenvalue weighted by Crippen LogP contribution is -2.29. The number of hydrogen-bond donors (Lipinski definition) is 0. The Balaban J connectivity index is 1.80. The molecule has 0 saturated heterocycles. The summed E-state index contributed by atoms with van der Waals surface area (Å²) in [6, 6.07) is 15.8. The van der Waals surface area contributed by atoms with Crippen LogP contribution >= 0.6 is 23.1 Å². The molecule has 5 rings (SSSR count). The largest absolute Gasteiger partial charge is 0.450 e. The van der Waals surface area contributed by atoms with Crippen LogP contribution in [0.2, 0.25) is 0 Å². The summed E-state index contributed by atoms with van der Waals surface area (Å²) >= 11 is 2.77. The molecule has 0 fully saturated rings. The Hall–Kier alpha value is -2.97. The maximum Gasteiger partial charge on any atom is 0.297 e. The van der Waals surface area contributed by atoms with Gasteiger partial charge in [0.15, 0.2) is 9.77 Å². The van der Waals surface area contributed by atoms with Crippen molar-refractivity contribution in [1.82, 2.24) is 10.2 Å². The maximum absolute atomic E-state index is 13.3. The number of aromatic nitrogens is 2. The fourth-order valence-electron chi connectivity index (χ4n) is 3.45. The Labute approximate surface area is 167 Å². The highest BCUT2D eigenvalue weighted by atomic mass is 32.2. The molecule has 6 nitrogen and oxygen atoms in total. The van der Waals surface area contributed by atoms with Crippen LogP contribution in [0.5, 0.6) is 0 Å². The third-order valence-corrected chi connectivity index (χ3v) is 6.57. The minimum atomic E-state index is -0.604. The molecule has 0 bridgehead atoms. The van der Waals surface area contributed by atoms with Crippen LogP contribution in [0.25, 0.3) is 11.0 Å². The molecular formula is C20H13N3O3S2. The zero-order chi connectivity index (χ0) is 19.3. The van der Waals surface area contributed by atoms with Gasteiger partial charge in [-0.15, -0.1) is 10.2 Å². The number of benzene rings is 2. The van der Waals surface area contributed by atoms with Crippen molar-refractivity contribution in [3.05, 3.63) is 81.7 Å². The average molecular weight is 407 g/mol. The van der Waals surface area contributed by atoms with Crippen LogP contribution < -0.4 is 10.3 Å². The Kier molecular flexibility index (Phi) is 4.03. The third kappa shape index (κ3) is 2.49. The number of nitrogens with zero attached hydrogens (tertiary/aromatic N) is 3. The molecule has 2 aromatic heterocycles. The van der Waals surface area contributed by atoms with Gasteiger partial charge in [0.2, 0.25) is 10.9 Å². The van der Waals surface area contributed by atoms with Crippen molar-refractivity contribution in [2.24, 2.45) is 0 Å². The van der Waals surface area contributed by atoms with Gasteiger partial charge >= 0.3 is 0 Å². The van der Waals surface area contributed by atoms with Gasteiger partial charge in [-0.2, -0.15) is 0 Å². The fourth-order valence-corrected chi connectivity index (χ4v) is 4.74. The zero-order valence-electron chi connectivity index (χ0n) is 14.7. The van der Waals surface area contributed by atoms with E-state index in [-0.39, 0.29) is 17.1 Å². The Morgan fingerprint density at radius 3 is 2.54 bits per heavy atom. The highest BCUT2D eigenvalue weighted by molar-refractivity contribution is 8.00. The smallest absolute Gasteiger partial charge is 0.297 e. The number of para-hydroxylation sites is 1. The van der Waals surface area contributed by atoms with Gasteiger partial charge < -0.3 is 4.42 Å². The number of carbonyl (C=O) groups excluding carboxylic acids is 1. The van der Waals surface area contributed by atoms with Gasteiger partial charge in [-0.25, -0.2) is 0 Å². The summed E-state index contributed by atoms with van der Waals surface area (Å²) in [5.74, 6) is -0.311. The van der Waals surface area contributed by atoms with Crippen LogP contribution in [0.1, 0.15) is 27.7 Å².